The average Bonchev–Trinajstić information content (AvgIpc) is 3.23. The first kappa shape index (κ1) is 14.3. The van der Waals surface area contributed by atoms with Gasteiger partial charge in [0.25, 0.3) is 5.69 Å². The van der Waals surface area contributed by atoms with Crippen LogP contribution in [0.4, 0.5) is 16.2 Å². The summed E-state index contributed by atoms with van der Waals surface area (Å²) in [6, 6.07) is 5.25. The number of benzene rings is 1. The van der Waals surface area contributed by atoms with Gasteiger partial charge in [-0.3, -0.25) is 10.1 Å². The van der Waals surface area contributed by atoms with Gasteiger partial charge in [-0.2, -0.15) is 0 Å². The molecule has 1 aliphatic rings. The van der Waals surface area contributed by atoms with Crippen LogP contribution in [0.25, 0.3) is 0 Å². The Hall–Kier alpha value is -2.15. The van der Waals surface area contributed by atoms with Crippen LogP contribution in [-0.2, 0) is 0 Å². The summed E-state index contributed by atoms with van der Waals surface area (Å²) in [6.45, 7) is 0.281. The Bertz CT molecular complexity index is 499. The minimum Gasteiger partial charge on any atom is -0.391 e. The number of nitrogens with one attached hydrogen (secondary N) is 1. The Kier molecular flexibility index (Phi) is 4.19. The van der Waals surface area contributed by atoms with Gasteiger partial charge in [0.05, 0.1) is 11.0 Å². The van der Waals surface area contributed by atoms with E-state index < -0.39 is 11.0 Å². The van der Waals surface area contributed by atoms with Crippen molar-refractivity contribution in [3.63, 3.8) is 0 Å². The Morgan fingerprint density at radius 1 is 1.50 bits per heavy atom. The van der Waals surface area contributed by atoms with Crippen LogP contribution in [0.15, 0.2) is 24.3 Å². The van der Waals surface area contributed by atoms with Crippen LogP contribution < -0.4 is 5.32 Å². The molecule has 0 heterocycles. The summed E-state index contributed by atoms with van der Waals surface area (Å²) in [4.78, 5) is 23.3. The van der Waals surface area contributed by atoms with Crippen molar-refractivity contribution in [2.45, 2.75) is 18.9 Å². The number of nitrogens with zero attached hydrogens (tertiary/aromatic N) is 2. The lowest BCUT2D eigenvalue weighted by molar-refractivity contribution is -0.384. The van der Waals surface area contributed by atoms with Crippen LogP contribution in [0.1, 0.15) is 12.8 Å². The van der Waals surface area contributed by atoms with Crippen LogP contribution in [0.3, 0.4) is 0 Å². The van der Waals surface area contributed by atoms with E-state index in [0.29, 0.717) is 11.6 Å². The molecule has 2 N–H and O–H groups in total. The van der Waals surface area contributed by atoms with Gasteiger partial charge in [-0.1, -0.05) is 0 Å². The molecule has 1 fully saturated rings. The first-order valence-electron chi connectivity index (χ1n) is 6.42. The van der Waals surface area contributed by atoms with Crippen LogP contribution in [0, 0.1) is 16.0 Å². The fraction of sp³-hybridized carbons (Fsp3) is 0.462. The van der Waals surface area contributed by atoms with Crippen molar-refractivity contribution in [1.29, 1.82) is 0 Å². The zero-order valence-electron chi connectivity index (χ0n) is 11.2. The minimum atomic E-state index is -0.496. The van der Waals surface area contributed by atoms with Crippen molar-refractivity contribution in [1.82, 2.24) is 4.90 Å². The lowest BCUT2D eigenvalue weighted by Crippen LogP contribution is -2.37. The highest BCUT2D eigenvalue weighted by atomic mass is 16.6. The van der Waals surface area contributed by atoms with Crippen LogP contribution in [-0.4, -0.2) is 40.7 Å². The zero-order chi connectivity index (χ0) is 14.7. The number of carbonyl (C=O) groups excluding carboxylic acids is 1. The first-order valence-corrected chi connectivity index (χ1v) is 6.42. The molecule has 0 aliphatic heterocycles. The van der Waals surface area contributed by atoms with E-state index in [1.165, 1.54) is 29.2 Å². The Labute approximate surface area is 116 Å². The Morgan fingerprint density at radius 3 is 2.60 bits per heavy atom. The number of hydrogen-bond acceptors (Lipinski definition) is 4. The van der Waals surface area contributed by atoms with Gasteiger partial charge in [0, 0.05) is 31.4 Å². The third-order valence-corrected chi connectivity index (χ3v) is 3.30. The molecule has 2 amide bonds. The van der Waals surface area contributed by atoms with E-state index in [1.54, 1.807) is 7.05 Å². The summed E-state index contributed by atoms with van der Waals surface area (Å²) in [5.74, 6) is 0.310. The molecule has 1 aromatic carbocycles. The summed E-state index contributed by atoms with van der Waals surface area (Å²) in [6.07, 6.45) is 1.54. The fourth-order valence-electron chi connectivity index (χ4n) is 1.88. The molecule has 0 saturated heterocycles. The Balaban J connectivity index is 1.87. The summed E-state index contributed by atoms with van der Waals surface area (Å²) in [5, 5.41) is 22.9. The predicted molar refractivity (Wildman–Crippen MR) is 73.5 cm³/mol. The largest absolute Gasteiger partial charge is 0.391 e. The molecular formula is C13H17N3O4. The highest BCUT2D eigenvalue weighted by Gasteiger charge is 2.31. The molecule has 7 heteroatoms. The van der Waals surface area contributed by atoms with Crippen molar-refractivity contribution in [2.24, 2.45) is 5.92 Å². The maximum Gasteiger partial charge on any atom is 0.321 e. The normalized spacial score (nSPS) is 15.5. The SMILES string of the molecule is CN(CC(O)C1CC1)C(=O)Nc1ccc([N+](=O)[O-])cc1. The van der Waals surface area contributed by atoms with Gasteiger partial charge >= 0.3 is 6.03 Å². The number of hydrogen-bond donors (Lipinski definition) is 2. The fourth-order valence-corrected chi connectivity index (χ4v) is 1.88. The minimum absolute atomic E-state index is 0.0273. The number of carbonyl (C=O) groups is 1. The van der Waals surface area contributed by atoms with Gasteiger partial charge in [-0.15, -0.1) is 0 Å². The lowest BCUT2D eigenvalue weighted by atomic mass is 10.2. The second-order valence-electron chi connectivity index (χ2n) is 5.02. The molecule has 1 aliphatic carbocycles. The number of anilines is 1. The van der Waals surface area contributed by atoms with Gasteiger partial charge < -0.3 is 15.3 Å². The monoisotopic (exact) mass is 279 g/mol. The smallest absolute Gasteiger partial charge is 0.321 e. The lowest BCUT2D eigenvalue weighted by Gasteiger charge is -2.21. The van der Waals surface area contributed by atoms with E-state index in [9.17, 15) is 20.0 Å². The van der Waals surface area contributed by atoms with Gasteiger partial charge in [-0.25, -0.2) is 4.79 Å². The molecule has 108 valence electrons. The quantitative estimate of drug-likeness (QED) is 0.635. The van der Waals surface area contributed by atoms with E-state index in [0.717, 1.165) is 12.8 Å². The number of rotatable bonds is 5. The van der Waals surface area contributed by atoms with Crippen molar-refractivity contribution in [3.05, 3.63) is 34.4 Å². The molecule has 1 saturated carbocycles. The van der Waals surface area contributed by atoms with E-state index >= 15 is 0 Å². The number of urea groups is 1. The summed E-state index contributed by atoms with van der Waals surface area (Å²) in [5.41, 5.74) is 0.453. The molecule has 0 spiro atoms. The van der Waals surface area contributed by atoms with E-state index in [2.05, 4.69) is 5.32 Å². The highest BCUT2D eigenvalue weighted by Crippen LogP contribution is 2.32. The molecule has 7 nitrogen and oxygen atoms in total. The van der Waals surface area contributed by atoms with Gasteiger partial charge in [-0.05, 0) is 30.9 Å². The molecule has 2 rings (SSSR count). The number of non-ortho nitro benzene ring substituents is 1. The molecule has 0 radical (unpaired) electrons. The van der Waals surface area contributed by atoms with Crippen LogP contribution >= 0.6 is 0 Å². The standard InChI is InChI=1S/C13H17N3O4/c1-15(8-12(17)9-2-3-9)13(18)14-10-4-6-11(7-5-10)16(19)20/h4-7,9,12,17H,2-3,8H2,1H3,(H,14,18). The number of aliphatic hydroxyl groups excluding tert-OH is 1. The van der Waals surface area contributed by atoms with Crippen molar-refractivity contribution in [2.75, 3.05) is 18.9 Å². The molecular weight excluding hydrogens is 262 g/mol. The van der Waals surface area contributed by atoms with Gasteiger partial charge in [0.2, 0.25) is 0 Å². The van der Waals surface area contributed by atoms with Crippen molar-refractivity contribution < 1.29 is 14.8 Å². The number of nitro groups is 1. The average molecular weight is 279 g/mol. The second kappa shape index (κ2) is 5.87. The number of amides is 2. The van der Waals surface area contributed by atoms with E-state index in [-0.39, 0.29) is 18.3 Å². The molecule has 1 atom stereocenters. The number of nitro benzene ring substituents is 1. The number of aliphatic hydroxyl groups is 1. The maximum atomic E-state index is 11.9. The van der Waals surface area contributed by atoms with Gasteiger partial charge in [0.15, 0.2) is 0 Å². The maximum absolute atomic E-state index is 11.9. The topological polar surface area (TPSA) is 95.7 Å². The molecule has 1 aromatic rings. The zero-order valence-corrected chi connectivity index (χ0v) is 11.2. The number of likely N-dealkylation sites (N-methyl/N-ethyl adjacent to an activating group) is 1. The molecule has 20 heavy (non-hydrogen) atoms. The summed E-state index contributed by atoms with van der Waals surface area (Å²) in [7, 11) is 1.60. The summed E-state index contributed by atoms with van der Waals surface area (Å²) < 4.78 is 0. The first-order chi connectivity index (χ1) is 9.47. The van der Waals surface area contributed by atoms with Crippen LogP contribution in [0.5, 0.6) is 0 Å². The predicted octanol–water partition coefficient (Wildman–Crippen LogP) is 1.83. The molecule has 1 unspecified atom stereocenters. The van der Waals surface area contributed by atoms with Crippen molar-refractivity contribution in [3.8, 4) is 0 Å². The second-order valence-corrected chi connectivity index (χ2v) is 5.02. The highest BCUT2D eigenvalue weighted by molar-refractivity contribution is 5.89. The Morgan fingerprint density at radius 2 is 2.10 bits per heavy atom. The van der Waals surface area contributed by atoms with Crippen LogP contribution in [0.2, 0.25) is 0 Å². The van der Waals surface area contributed by atoms with E-state index in [4.69, 9.17) is 0 Å². The molecule has 0 aromatic heterocycles. The van der Waals surface area contributed by atoms with Gasteiger partial charge in [0.1, 0.15) is 0 Å². The van der Waals surface area contributed by atoms with E-state index in [1.807, 2.05) is 0 Å². The van der Waals surface area contributed by atoms with Crippen molar-refractivity contribution >= 4 is 17.4 Å². The third-order valence-electron chi connectivity index (χ3n) is 3.30. The third kappa shape index (κ3) is 3.67. The summed E-state index contributed by atoms with van der Waals surface area (Å²) >= 11 is 0. The molecule has 0 bridgehead atoms.